The van der Waals surface area contributed by atoms with Gasteiger partial charge in [-0.2, -0.15) is 0 Å². The van der Waals surface area contributed by atoms with Crippen molar-refractivity contribution in [2.24, 2.45) is 17.2 Å². The highest BCUT2D eigenvalue weighted by molar-refractivity contribution is 8.01. The second-order valence-electron chi connectivity index (χ2n) is 12.3. The number of likely N-dealkylation sites (tertiary alicyclic amines) is 1. The van der Waals surface area contributed by atoms with E-state index in [9.17, 15) is 19.2 Å². The van der Waals surface area contributed by atoms with E-state index >= 15 is 0 Å². The molecule has 1 fully saturated rings. The SMILES string of the molecule is Cc1cc(Oc2ccccc2)ccc1C1(N)C(=O)C(N)C2c3c1ccc(N)c3SC2C(=O)NC1CCCN(C(=O)C=CCOC(N)=O)C1. The first-order valence-corrected chi connectivity index (χ1v) is 16.6. The molecule has 0 spiro atoms. The van der Waals surface area contributed by atoms with Crippen molar-refractivity contribution in [2.75, 3.05) is 25.4 Å². The standard InChI is InChI=1S/C35H38N6O6S/c1-19-17-22(47-21-8-3-2-4-9-21)11-12-23(19)35(39)24-13-14-25(36)30-27(24)28(29(37)32(35)43)31(48-30)33(44)40-20-7-5-15-41(18-20)26(42)10-6-16-46-34(38)45/h2-4,6,8-14,17,20,28-29,31H,5,7,15-16,18,36-37,39H2,1H3,(H2,38,45)(H,40,44). The van der Waals surface area contributed by atoms with Crippen molar-refractivity contribution in [3.05, 3.63) is 95.1 Å². The summed E-state index contributed by atoms with van der Waals surface area (Å²) in [6.07, 6.45) is 3.16. The molecule has 12 nitrogen and oxygen atoms in total. The number of nitrogens with zero attached hydrogens (tertiary/aromatic N) is 1. The van der Waals surface area contributed by atoms with Crippen LogP contribution in [0.4, 0.5) is 10.5 Å². The Balaban J connectivity index is 1.23. The number of carbonyl (C=O) groups excluding carboxylic acids is 4. The molecule has 3 aromatic rings. The fourth-order valence-electron chi connectivity index (χ4n) is 6.93. The lowest BCUT2D eigenvalue weighted by atomic mass is 9.64. The summed E-state index contributed by atoms with van der Waals surface area (Å²) in [5.74, 6) is -0.318. The summed E-state index contributed by atoms with van der Waals surface area (Å²) >= 11 is 1.29. The smallest absolute Gasteiger partial charge is 0.404 e. The highest BCUT2D eigenvalue weighted by Crippen LogP contribution is 2.56. The number of benzene rings is 3. The van der Waals surface area contributed by atoms with Crippen LogP contribution < -0.4 is 33.0 Å². The highest BCUT2D eigenvalue weighted by atomic mass is 32.2. The van der Waals surface area contributed by atoms with Gasteiger partial charge in [-0.15, -0.1) is 11.8 Å². The van der Waals surface area contributed by atoms with Crippen LogP contribution in [0.15, 0.2) is 77.7 Å². The Hall–Kier alpha value is -4.85. The number of nitrogen functional groups attached to an aromatic ring is 1. The Morgan fingerprint density at radius 1 is 1.08 bits per heavy atom. The minimum atomic E-state index is -1.57. The Kier molecular flexibility index (Phi) is 9.19. The van der Waals surface area contributed by atoms with Gasteiger partial charge in [0.25, 0.3) is 0 Å². The number of rotatable bonds is 8. The number of primary amides is 1. The second-order valence-corrected chi connectivity index (χ2v) is 13.4. The van der Waals surface area contributed by atoms with Crippen LogP contribution in [0.25, 0.3) is 0 Å². The van der Waals surface area contributed by atoms with E-state index < -0.39 is 34.6 Å². The van der Waals surface area contributed by atoms with Crippen LogP contribution in [-0.2, 0) is 24.7 Å². The molecule has 3 aromatic carbocycles. The largest absolute Gasteiger partial charge is 0.457 e. The third kappa shape index (κ3) is 6.12. The lowest BCUT2D eigenvalue weighted by Crippen LogP contribution is -2.61. The summed E-state index contributed by atoms with van der Waals surface area (Å²) in [6, 6.07) is 16.9. The molecule has 0 saturated carbocycles. The van der Waals surface area contributed by atoms with Crippen LogP contribution in [0.2, 0.25) is 0 Å². The fraction of sp³-hybridized carbons (Fsp3) is 0.314. The van der Waals surface area contributed by atoms with E-state index in [2.05, 4.69) is 10.1 Å². The second kappa shape index (κ2) is 13.3. The predicted molar refractivity (Wildman–Crippen MR) is 181 cm³/mol. The van der Waals surface area contributed by atoms with Crippen molar-refractivity contribution in [1.82, 2.24) is 10.2 Å². The zero-order valence-electron chi connectivity index (χ0n) is 26.4. The van der Waals surface area contributed by atoms with E-state index in [4.69, 9.17) is 27.7 Å². The number of aryl methyl sites for hydroxylation is 1. The molecule has 1 aliphatic carbocycles. The molecule has 2 heterocycles. The number of ether oxygens (including phenoxy) is 2. The Morgan fingerprint density at radius 2 is 1.83 bits per heavy atom. The van der Waals surface area contributed by atoms with Crippen LogP contribution in [-0.4, -0.2) is 65.6 Å². The number of piperidine rings is 1. The number of anilines is 1. The molecule has 3 amide bonds. The lowest BCUT2D eigenvalue weighted by molar-refractivity contribution is -0.129. The average Bonchev–Trinajstić information content (AvgIpc) is 3.48. The number of para-hydroxylation sites is 1. The lowest BCUT2D eigenvalue weighted by Gasteiger charge is -2.42. The van der Waals surface area contributed by atoms with E-state index in [0.717, 1.165) is 11.1 Å². The van der Waals surface area contributed by atoms with Gasteiger partial charge in [-0.05, 0) is 78.4 Å². The zero-order chi connectivity index (χ0) is 34.2. The number of hydrogen-bond donors (Lipinski definition) is 5. The van der Waals surface area contributed by atoms with E-state index in [-0.39, 0.29) is 24.5 Å². The summed E-state index contributed by atoms with van der Waals surface area (Å²) in [5.41, 5.74) is 26.8. The number of nitrogens with two attached hydrogens (primary N) is 4. The van der Waals surface area contributed by atoms with Gasteiger partial charge >= 0.3 is 6.09 Å². The predicted octanol–water partition coefficient (Wildman–Crippen LogP) is 2.80. The molecule has 0 aromatic heterocycles. The molecule has 13 heteroatoms. The van der Waals surface area contributed by atoms with Gasteiger partial charge in [0, 0.05) is 41.7 Å². The number of amides is 3. The average molecular weight is 671 g/mol. The van der Waals surface area contributed by atoms with Crippen molar-refractivity contribution < 1.29 is 28.7 Å². The molecule has 0 radical (unpaired) electrons. The molecule has 250 valence electrons. The zero-order valence-corrected chi connectivity index (χ0v) is 27.2. The molecule has 48 heavy (non-hydrogen) atoms. The minimum Gasteiger partial charge on any atom is -0.457 e. The Bertz CT molecular complexity index is 1800. The number of ketones is 1. The van der Waals surface area contributed by atoms with Gasteiger partial charge in [-0.3, -0.25) is 14.4 Å². The van der Waals surface area contributed by atoms with Crippen LogP contribution >= 0.6 is 11.8 Å². The minimum absolute atomic E-state index is 0.113. The van der Waals surface area contributed by atoms with Gasteiger partial charge in [0.15, 0.2) is 5.78 Å². The molecule has 6 rings (SSSR count). The van der Waals surface area contributed by atoms with Crippen molar-refractivity contribution >= 4 is 41.1 Å². The summed E-state index contributed by atoms with van der Waals surface area (Å²) < 4.78 is 10.6. The quantitative estimate of drug-likeness (QED) is 0.175. The fourth-order valence-corrected chi connectivity index (χ4v) is 8.38. The summed E-state index contributed by atoms with van der Waals surface area (Å²) in [7, 11) is 0. The van der Waals surface area contributed by atoms with Gasteiger partial charge in [0.05, 0.1) is 11.3 Å². The number of hydrogen-bond acceptors (Lipinski definition) is 10. The molecule has 2 aliphatic heterocycles. The van der Waals surface area contributed by atoms with Gasteiger partial charge in [-0.1, -0.05) is 30.3 Å². The van der Waals surface area contributed by atoms with Crippen LogP contribution in [0.5, 0.6) is 11.5 Å². The third-order valence-corrected chi connectivity index (χ3v) is 10.6. The number of thioether (sulfide) groups is 1. The van der Waals surface area contributed by atoms with E-state index in [1.165, 1.54) is 23.9 Å². The maximum absolute atomic E-state index is 14.3. The molecule has 3 aliphatic rings. The van der Waals surface area contributed by atoms with Gasteiger partial charge < -0.3 is 42.6 Å². The van der Waals surface area contributed by atoms with Crippen molar-refractivity contribution in [3.63, 3.8) is 0 Å². The number of carbonyl (C=O) groups is 4. The monoisotopic (exact) mass is 670 g/mol. The van der Waals surface area contributed by atoms with Crippen LogP contribution in [0.1, 0.15) is 41.0 Å². The summed E-state index contributed by atoms with van der Waals surface area (Å²) in [5, 5.41) is 2.37. The number of nitrogens with one attached hydrogen (secondary N) is 1. The van der Waals surface area contributed by atoms with E-state index in [0.29, 0.717) is 59.1 Å². The molecule has 9 N–H and O–H groups in total. The molecule has 1 saturated heterocycles. The first-order valence-electron chi connectivity index (χ1n) is 15.7. The normalized spacial score (nSPS) is 24.6. The molecular weight excluding hydrogens is 632 g/mol. The van der Waals surface area contributed by atoms with Crippen molar-refractivity contribution in [3.8, 4) is 11.5 Å². The maximum atomic E-state index is 14.3. The van der Waals surface area contributed by atoms with Gasteiger partial charge in [-0.25, -0.2) is 4.79 Å². The Morgan fingerprint density at radius 3 is 2.56 bits per heavy atom. The molecule has 5 unspecified atom stereocenters. The van der Waals surface area contributed by atoms with Crippen molar-refractivity contribution in [2.45, 2.75) is 53.5 Å². The number of Topliss-reactive ketones (excluding diaryl/α,β-unsaturated/α-hetero) is 1. The van der Waals surface area contributed by atoms with E-state index in [1.54, 1.807) is 29.2 Å². The molecular formula is C35H38N6O6S. The summed E-state index contributed by atoms with van der Waals surface area (Å²) in [4.78, 5) is 54.0. The summed E-state index contributed by atoms with van der Waals surface area (Å²) in [6.45, 7) is 2.58. The van der Waals surface area contributed by atoms with Gasteiger partial charge in [0.2, 0.25) is 11.8 Å². The molecule has 0 bridgehead atoms. The first kappa shape index (κ1) is 33.1. The van der Waals surface area contributed by atoms with Gasteiger partial charge in [0.1, 0.15) is 23.6 Å². The first-order chi connectivity index (χ1) is 23.0. The Labute approximate surface area is 282 Å². The van der Waals surface area contributed by atoms with E-state index in [1.807, 2.05) is 43.3 Å². The van der Waals surface area contributed by atoms with Crippen LogP contribution in [0.3, 0.4) is 0 Å². The topological polar surface area (TPSA) is 206 Å². The third-order valence-electron chi connectivity index (χ3n) is 9.16. The van der Waals surface area contributed by atoms with Crippen LogP contribution in [0, 0.1) is 6.92 Å². The van der Waals surface area contributed by atoms with Crippen molar-refractivity contribution in [1.29, 1.82) is 0 Å². The molecule has 5 atom stereocenters. The highest BCUT2D eigenvalue weighted by Gasteiger charge is 2.57. The maximum Gasteiger partial charge on any atom is 0.404 e.